The molecular formula is C18H26N4O3. The minimum Gasteiger partial charge on any atom is -0.419 e. The first-order valence-corrected chi connectivity index (χ1v) is 8.78. The third-order valence-electron chi connectivity index (χ3n) is 4.45. The Kier molecular flexibility index (Phi) is 6.52. The van der Waals surface area contributed by atoms with E-state index in [1.165, 1.54) is 0 Å². The van der Waals surface area contributed by atoms with Crippen molar-refractivity contribution in [3.05, 3.63) is 35.7 Å². The molecule has 0 atom stereocenters. The van der Waals surface area contributed by atoms with Gasteiger partial charge in [0.25, 0.3) is 0 Å². The maximum atomic E-state index is 9.33. The van der Waals surface area contributed by atoms with E-state index >= 15 is 0 Å². The molecule has 136 valence electrons. The van der Waals surface area contributed by atoms with Crippen molar-refractivity contribution in [3.8, 4) is 11.5 Å². The molecule has 1 N–H and O–H groups in total. The number of aromatic nitrogens is 2. The largest absolute Gasteiger partial charge is 0.419 e. The number of ether oxygens (including phenoxy) is 1. The Morgan fingerprint density at radius 1 is 1.16 bits per heavy atom. The number of rotatable bonds is 8. The van der Waals surface area contributed by atoms with Crippen molar-refractivity contribution in [2.45, 2.75) is 13.5 Å². The molecule has 7 nitrogen and oxygen atoms in total. The molecule has 25 heavy (non-hydrogen) atoms. The van der Waals surface area contributed by atoms with Crippen LogP contribution in [0.15, 0.2) is 28.7 Å². The summed E-state index contributed by atoms with van der Waals surface area (Å²) in [6.07, 6.45) is 0. The van der Waals surface area contributed by atoms with Crippen LogP contribution in [-0.2, 0) is 11.3 Å². The first-order valence-electron chi connectivity index (χ1n) is 8.78. The zero-order valence-corrected chi connectivity index (χ0v) is 14.7. The fourth-order valence-electron chi connectivity index (χ4n) is 2.95. The quantitative estimate of drug-likeness (QED) is 0.769. The van der Waals surface area contributed by atoms with Crippen molar-refractivity contribution in [1.29, 1.82) is 0 Å². The second kappa shape index (κ2) is 9.05. The lowest BCUT2D eigenvalue weighted by atomic mass is 10.1. The summed E-state index contributed by atoms with van der Waals surface area (Å²) in [5, 5.41) is 17.7. The van der Waals surface area contributed by atoms with Gasteiger partial charge in [0.1, 0.15) is 0 Å². The van der Waals surface area contributed by atoms with Gasteiger partial charge in [0.15, 0.2) is 0 Å². The molecule has 1 aliphatic rings. The van der Waals surface area contributed by atoms with E-state index in [0.717, 1.165) is 50.5 Å². The van der Waals surface area contributed by atoms with E-state index in [1.54, 1.807) is 0 Å². The zero-order chi connectivity index (χ0) is 17.5. The monoisotopic (exact) mass is 346 g/mol. The van der Waals surface area contributed by atoms with Crippen LogP contribution in [-0.4, -0.2) is 77.6 Å². The number of nitrogens with zero attached hydrogens (tertiary/aromatic N) is 4. The van der Waals surface area contributed by atoms with Gasteiger partial charge in [0.05, 0.1) is 26.4 Å². The highest BCUT2D eigenvalue weighted by atomic mass is 16.5. The molecule has 1 aliphatic heterocycles. The molecule has 0 unspecified atom stereocenters. The smallest absolute Gasteiger partial charge is 0.248 e. The number of hydrogen-bond donors (Lipinski definition) is 1. The summed E-state index contributed by atoms with van der Waals surface area (Å²) in [5.41, 5.74) is 2.07. The average Bonchev–Trinajstić information content (AvgIpc) is 3.09. The maximum absolute atomic E-state index is 9.33. The number of morpholine rings is 1. The summed E-state index contributed by atoms with van der Waals surface area (Å²) in [6, 6.07) is 7.97. The van der Waals surface area contributed by atoms with Gasteiger partial charge in [-0.05, 0) is 18.6 Å². The lowest BCUT2D eigenvalue weighted by Crippen LogP contribution is -2.41. The standard InChI is InChI=1S/C18H26N4O3/c1-15-4-2-3-5-16(15)18-20-19-17(25-18)14-22(8-11-23)7-6-21-9-12-24-13-10-21/h2-5,23H,6-14H2,1H3. The van der Waals surface area contributed by atoms with E-state index in [4.69, 9.17) is 9.15 Å². The lowest BCUT2D eigenvalue weighted by molar-refractivity contribution is 0.0315. The molecule has 1 aromatic heterocycles. The number of benzene rings is 1. The normalized spacial score (nSPS) is 15.8. The Balaban J connectivity index is 1.59. The first-order chi connectivity index (χ1) is 12.3. The minimum atomic E-state index is 0.113. The Bertz CT molecular complexity index is 655. The molecule has 0 radical (unpaired) electrons. The molecule has 2 aromatic rings. The summed E-state index contributed by atoms with van der Waals surface area (Å²) in [4.78, 5) is 4.52. The van der Waals surface area contributed by atoms with E-state index in [9.17, 15) is 5.11 Å². The molecule has 0 aliphatic carbocycles. The van der Waals surface area contributed by atoms with Crippen molar-refractivity contribution < 1.29 is 14.3 Å². The summed E-state index contributed by atoms with van der Waals surface area (Å²) in [6.45, 7) is 8.59. The molecule has 0 spiro atoms. The van der Waals surface area contributed by atoms with Gasteiger partial charge < -0.3 is 14.3 Å². The molecule has 1 fully saturated rings. The van der Waals surface area contributed by atoms with E-state index in [1.807, 2.05) is 31.2 Å². The predicted molar refractivity (Wildman–Crippen MR) is 94.1 cm³/mol. The van der Waals surface area contributed by atoms with E-state index in [-0.39, 0.29) is 6.61 Å². The van der Waals surface area contributed by atoms with E-state index < -0.39 is 0 Å². The Morgan fingerprint density at radius 2 is 1.96 bits per heavy atom. The van der Waals surface area contributed by atoms with Crippen molar-refractivity contribution in [3.63, 3.8) is 0 Å². The van der Waals surface area contributed by atoms with E-state index in [2.05, 4.69) is 20.0 Å². The van der Waals surface area contributed by atoms with Gasteiger partial charge in [-0.2, -0.15) is 0 Å². The van der Waals surface area contributed by atoms with Crippen LogP contribution < -0.4 is 0 Å². The van der Waals surface area contributed by atoms with Crippen molar-refractivity contribution in [2.75, 3.05) is 52.5 Å². The molecule has 3 rings (SSSR count). The van der Waals surface area contributed by atoms with Crippen LogP contribution >= 0.6 is 0 Å². The van der Waals surface area contributed by atoms with Crippen LogP contribution in [0, 0.1) is 6.92 Å². The number of aliphatic hydroxyl groups is 1. The molecule has 2 heterocycles. The summed E-state index contributed by atoms with van der Waals surface area (Å²) >= 11 is 0. The number of aryl methyl sites for hydroxylation is 1. The van der Waals surface area contributed by atoms with Gasteiger partial charge >= 0.3 is 0 Å². The summed E-state index contributed by atoms with van der Waals surface area (Å²) < 4.78 is 11.2. The average molecular weight is 346 g/mol. The van der Waals surface area contributed by atoms with Crippen LogP contribution in [0.3, 0.4) is 0 Å². The zero-order valence-electron chi connectivity index (χ0n) is 14.7. The third kappa shape index (κ3) is 5.09. The third-order valence-corrected chi connectivity index (χ3v) is 4.45. The molecule has 1 saturated heterocycles. The Labute approximate surface area is 148 Å². The fourth-order valence-corrected chi connectivity index (χ4v) is 2.95. The van der Waals surface area contributed by atoms with Crippen molar-refractivity contribution in [2.24, 2.45) is 0 Å². The molecule has 0 amide bonds. The molecule has 1 aromatic carbocycles. The highest BCUT2D eigenvalue weighted by Gasteiger charge is 2.16. The number of hydrogen-bond acceptors (Lipinski definition) is 7. The fraction of sp³-hybridized carbons (Fsp3) is 0.556. The van der Waals surface area contributed by atoms with Crippen molar-refractivity contribution in [1.82, 2.24) is 20.0 Å². The molecular weight excluding hydrogens is 320 g/mol. The summed E-state index contributed by atoms with van der Waals surface area (Å²) in [5.74, 6) is 1.12. The highest BCUT2D eigenvalue weighted by Crippen LogP contribution is 2.21. The van der Waals surface area contributed by atoms with Gasteiger partial charge in [0.2, 0.25) is 11.8 Å². The second-order valence-corrected chi connectivity index (χ2v) is 6.27. The van der Waals surface area contributed by atoms with Crippen molar-refractivity contribution >= 4 is 0 Å². The molecule has 7 heteroatoms. The van der Waals surface area contributed by atoms with Crippen LogP contribution in [0.5, 0.6) is 0 Å². The SMILES string of the molecule is Cc1ccccc1-c1nnc(CN(CCO)CCN2CCOCC2)o1. The molecule has 0 bridgehead atoms. The Morgan fingerprint density at radius 3 is 2.72 bits per heavy atom. The topological polar surface area (TPSA) is 74.9 Å². The van der Waals surface area contributed by atoms with Gasteiger partial charge in [-0.25, -0.2) is 0 Å². The van der Waals surface area contributed by atoms with Gasteiger partial charge in [-0.3, -0.25) is 9.80 Å². The van der Waals surface area contributed by atoms with Crippen LogP contribution in [0.2, 0.25) is 0 Å². The predicted octanol–water partition coefficient (Wildman–Crippen LogP) is 1.17. The van der Waals surface area contributed by atoms with Crippen LogP contribution in [0.25, 0.3) is 11.5 Å². The van der Waals surface area contributed by atoms with Gasteiger partial charge in [0, 0.05) is 38.3 Å². The van der Waals surface area contributed by atoms with Gasteiger partial charge in [-0.15, -0.1) is 10.2 Å². The highest BCUT2D eigenvalue weighted by molar-refractivity contribution is 5.57. The lowest BCUT2D eigenvalue weighted by Gasteiger charge is -2.29. The first kappa shape index (κ1) is 18.0. The minimum absolute atomic E-state index is 0.113. The number of aliphatic hydroxyl groups excluding tert-OH is 1. The van der Waals surface area contributed by atoms with Crippen LogP contribution in [0.1, 0.15) is 11.5 Å². The van der Waals surface area contributed by atoms with Gasteiger partial charge in [-0.1, -0.05) is 18.2 Å². The Hall–Kier alpha value is -1.80. The second-order valence-electron chi connectivity index (χ2n) is 6.27. The molecule has 0 saturated carbocycles. The maximum Gasteiger partial charge on any atom is 0.248 e. The van der Waals surface area contributed by atoms with E-state index in [0.29, 0.717) is 24.9 Å². The van der Waals surface area contributed by atoms with Crippen LogP contribution in [0.4, 0.5) is 0 Å². The summed E-state index contributed by atoms with van der Waals surface area (Å²) in [7, 11) is 0.